The molecule has 17 heavy (non-hydrogen) atoms. The van der Waals surface area contributed by atoms with Crippen molar-refractivity contribution in [1.82, 2.24) is 9.97 Å². The van der Waals surface area contributed by atoms with Gasteiger partial charge < -0.3 is 15.4 Å². The highest BCUT2D eigenvalue weighted by molar-refractivity contribution is 6.32. The van der Waals surface area contributed by atoms with Crippen LogP contribution in [0.4, 0.5) is 5.82 Å². The number of nitrogens with two attached hydrogens (primary N) is 1. The minimum atomic E-state index is -0.101. The Labute approximate surface area is 106 Å². The monoisotopic (exact) mass is 256 g/mol. The summed E-state index contributed by atoms with van der Waals surface area (Å²) in [5.41, 5.74) is 6.10. The molecule has 94 valence electrons. The molecule has 0 aliphatic carbocycles. The van der Waals surface area contributed by atoms with Crippen LogP contribution in [0, 0.1) is 0 Å². The molecule has 0 unspecified atom stereocenters. The molecular formula is C11H17ClN4O. The van der Waals surface area contributed by atoms with Crippen molar-refractivity contribution in [3.05, 3.63) is 11.2 Å². The van der Waals surface area contributed by atoms with Gasteiger partial charge in [0.05, 0.1) is 18.8 Å². The first-order valence-corrected chi connectivity index (χ1v) is 6.06. The zero-order chi connectivity index (χ0) is 12.5. The lowest BCUT2D eigenvalue weighted by Crippen LogP contribution is -2.67. The highest BCUT2D eigenvalue weighted by Crippen LogP contribution is 2.32. The Morgan fingerprint density at radius 2 is 2.29 bits per heavy atom. The van der Waals surface area contributed by atoms with Crippen LogP contribution < -0.4 is 15.4 Å². The SMILES string of the molecule is CCCC1(N)CN(c2nc(OC)ncc2Cl)C1. The predicted octanol–water partition coefficient (Wildman–Crippen LogP) is 1.46. The Morgan fingerprint density at radius 1 is 1.59 bits per heavy atom. The number of aromatic nitrogens is 2. The molecule has 0 radical (unpaired) electrons. The third kappa shape index (κ3) is 2.45. The van der Waals surface area contributed by atoms with Crippen LogP contribution in [0.15, 0.2) is 6.20 Å². The van der Waals surface area contributed by atoms with E-state index in [2.05, 4.69) is 21.8 Å². The second kappa shape index (κ2) is 4.66. The maximum Gasteiger partial charge on any atom is 0.318 e. The summed E-state index contributed by atoms with van der Waals surface area (Å²) in [5, 5.41) is 0.532. The van der Waals surface area contributed by atoms with Gasteiger partial charge in [-0.1, -0.05) is 24.9 Å². The molecule has 0 bridgehead atoms. The summed E-state index contributed by atoms with van der Waals surface area (Å²) in [5.74, 6) is 0.704. The van der Waals surface area contributed by atoms with Gasteiger partial charge in [0.2, 0.25) is 0 Å². The lowest BCUT2D eigenvalue weighted by atomic mass is 9.86. The highest BCUT2D eigenvalue weighted by Gasteiger charge is 2.40. The van der Waals surface area contributed by atoms with Crippen LogP contribution >= 0.6 is 11.6 Å². The first-order valence-electron chi connectivity index (χ1n) is 5.68. The molecule has 0 spiro atoms. The highest BCUT2D eigenvalue weighted by atomic mass is 35.5. The third-order valence-corrected chi connectivity index (χ3v) is 3.21. The summed E-state index contributed by atoms with van der Waals surface area (Å²) in [7, 11) is 1.54. The van der Waals surface area contributed by atoms with Crippen molar-refractivity contribution >= 4 is 17.4 Å². The third-order valence-electron chi connectivity index (χ3n) is 2.95. The number of ether oxygens (including phenoxy) is 1. The van der Waals surface area contributed by atoms with E-state index in [0.717, 1.165) is 25.9 Å². The molecule has 1 fully saturated rings. The molecule has 1 aliphatic heterocycles. The van der Waals surface area contributed by atoms with Crippen LogP contribution in [-0.4, -0.2) is 35.7 Å². The van der Waals surface area contributed by atoms with Crippen molar-refractivity contribution in [2.24, 2.45) is 5.73 Å². The average molecular weight is 257 g/mol. The largest absolute Gasteiger partial charge is 0.467 e. The molecule has 0 atom stereocenters. The second-order valence-electron chi connectivity index (χ2n) is 4.50. The van der Waals surface area contributed by atoms with Gasteiger partial charge in [0, 0.05) is 13.1 Å². The Hall–Kier alpha value is -1.07. The Balaban J connectivity index is 2.10. The van der Waals surface area contributed by atoms with Gasteiger partial charge in [0.1, 0.15) is 5.02 Å². The first kappa shape index (κ1) is 12.4. The lowest BCUT2D eigenvalue weighted by molar-refractivity contribution is 0.304. The lowest BCUT2D eigenvalue weighted by Gasteiger charge is -2.48. The molecule has 2 N–H and O–H groups in total. The molecule has 0 aromatic carbocycles. The fourth-order valence-corrected chi connectivity index (χ4v) is 2.39. The van der Waals surface area contributed by atoms with Crippen LogP contribution in [0.5, 0.6) is 6.01 Å². The molecule has 2 rings (SSSR count). The van der Waals surface area contributed by atoms with Crippen LogP contribution in [0.25, 0.3) is 0 Å². The summed E-state index contributed by atoms with van der Waals surface area (Å²) in [6.07, 6.45) is 3.66. The molecule has 1 aromatic rings. The molecule has 1 saturated heterocycles. The van der Waals surface area contributed by atoms with E-state index in [-0.39, 0.29) is 5.54 Å². The van der Waals surface area contributed by atoms with Crippen molar-refractivity contribution in [3.63, 3.8) is 0 Å². The first-order chi connectivity index (χ1) is 8.08. The normalized spacial score (nSPS) is 17.8. The minimum absolute atomic E-state index is 0.101. The quantitative estimate of drug-likeness (QED) is 0.884. The molecule has 1 aliphatic rings. The van der Waals surface area contributed by atoms with Gasteiger partial charge in [-0.25, -0.2) is 4.98 Å². The smallest absolute Gasteiger partial charge is 0.318 e. The van der Waals surface area contributed by atoms with E-state index in [1.54, 1.807) is 6.20 Å². The fourth-order valence-electron chi connectivity index (χ4n) is 2.18. The van der Waals surface area contributed by atoms with Gasteiger partial charge in [-0.2, -0.15) is 4.98 Å². The van der Waals surface area contributed by atoms with Crippen molar-refractivity contribution in [2.45, 2.75) is 25.3 Å². The maximum absolute atomic E-state index is 6.20. The van der Waals surface area contributed by atoms with E-state index >= 15 is 0 Å². The van der Waals surface area contributed by atoms with Crippen LogP contribution in [0.3, 0.4) is 0 Å². The summed E-state index contributed by atoms with van der Waals surface area (Å²) in [6, 6.07) is 0.328. The van der Waals surface area contributed by atoms with E-state index in [4.69, 9.17) is 22.1 Å². The Morgan fingerprint density at radius 3 is 2.88 bits per heavy atom. The maximum atomic E-state index is 6.20. The molecule has 0 saturated carbocycles. The zero-order valence-electron chi connectivity index (χ0n) is 10.1. The number of anilines is 1. The molecular weight excluding hydrogens is 240 g/mol. The molecule has 1 aromatic heterocycles. The summed E-state index contributed by atoms with van der Waals surface area (Å²) in [4.78, 5) is 10.2. The second-order valence-corrected chi connectivity index (χ2v) is 4.90. The van der Waals surface area contributed by atoms with Gasteiger partial charge in [0.15, 0.2) is 5.82 Å². The van der Waals surface area contributed by atoms with Gasteiger partial charge in [-0.15, -0.1) is 0 Å². The standard InChI is InChI=1S/C11H17ClN4O/c1-3-4-11(13)6-16(7-11)9-8(12)5-14-10(15-9)17-2/h5H,3-4,6-7,13H2,1-2H3. The number of halogens is 1. The van der Waals surface area contributed by atoms with Crippen molar-refractivity contribution < 1.29 is 4.74 Å². The summed E-state index contributed by atoms with van der Waals surface area (Å²) >= 11 is 6.07. The average Bonchev–Trinajstić information content (AvgIpc) is 2.27. The van der Waals surface area contributed by atoms with Crippen molar-refractivity contribution in [3.8, 4) is 6.01 Å². The number of methoxy groups -OCH3 is 1. The molecule has 2 heterocycles. The van der Waals surface area contributed by atoms with Crippen LogP contribution in [0.2, 0.25) is 5.02 Å². The Kier molecular flexibility index (Phi) is 3.40. The number of rotatable bonds is 4. The van der Waals surface area contributed by atoms with E-state index in [9.17, 15) is 0 Å². The van der Waals surface area contributed by atoms with E-state index in [1.807, 2.05) is 0 Å². The van der Waals surface area contributed by atoms with E-state index in [0.29, 0.717) is 16.9 Å². The van der Waals surface area contributed by atoms with Gasteiger partial charge in [-0.3, -0.25) is 0 Å². The van der Waals surface area contributed by atoms with E-state index < -0.39 is 0 Å². The Bertz CT molecular complexity index is 406. The predicted molar refractivity (Wildman–Crippen MR) is 67.6 cm³/mol. The number of hydrogen-bond donors (Lipinski definition) is 1. The molecule has 0 amide bonds. The van der Waals surface area contributed by atoms with Gasteiger partial charge >= 0.3 is 6.01 Å². The number of hydrogen-bond acceptors (Lipinski definition) is 5. The van der Waals surface area contributed by atoms with Gasteiger partial charge in [-0.05, 0) is 6.42 Å². The van der Waals surface area contributed by atoms with Crippen molar-refractivity contribution in [2.75, 3.05) is 25.1 Å². The van der Waals surface area contributed by atoms with Crippen molar-refractivity contribution in [1.29, 1.82) is 0 Å². The van der Waals surface area contributed by atoms with Crippen LogP contribution in [0.1, 0.15) is 19.8 Å². The molecule has 6 heteroatoms. The van der Waals surface area contributed by atoms with E-state index in [1.165, 1.54) is 7.11 Å². The topological polar surface area (TPSA) is 64.3 Å². The zero-order valence-corrected chi connectivity index (χ0v) is 10.9. The number of nitrogens with zero attached hydrogens (tertiary/aromatic N) is 3. The minimum Gasteiger partial charge on any atom is -0.467 e. The molecule has 5 nitrogen and oxygen atoms in total. The fraction of sp³-hybridized carbons (Fsp3) is 0.636. The summed E-state index contributed by atoms with van der Waals surface area (Å²) in [6.45, 7) is 3.69. The van der Waals surface area contributed by atoms with Crippen LogP contribution in [-0.2, 0) is 0 Å². The summed E-state index contributed by atoms with van der Waals surface area (Å²) < 4.78 is 4.99. The van der Waals surface area contributed by atoms with Gasteiger partial charge in [0.25, 0.3) is 0 Å².